The van der Waals surface area contributed by atoms with Crippen LogP contribution in [0.25, 0.3) is 22.4 Å². The molecular formula is C26H23N5O. The van der Waals surface area contributed by atoms with E-state index in [4.69, 9.17) is 5.10 Å². The molecule has 0 atom stereocenters. The number of carbonyl (C=O) groups is 1. The van der Waals surface area contributed by atoms with Gasteiger partial charge in [-0.3, -0.25) is 4.79 Å². The van der Waals surface area contributed by atoms with Crippen LogP contribution in [0, 0.1) is 13.8 Å². The van der Waals surface area contributed by atoms with E-state index in [0.29, 0.717) is 18.7 Å². The number of fused-ring (bicyclic) bond motifs is 2. The molecule has 0 unspecified atom stereocenters. The normalized spacial score (nSPS) is 13.1. The molecule has 158 valence electrons. The summed E-state index contributed by atoms with van der Waals surface area (Å²) in [6.45, 7) is 5.24. The molecule has 6 heteroatoms. The van der Waals surface area contributed by atoms with Crippen LogP contribution in [0.1, 0.15) is 32.7 Å². The highest BCUT2D eigenvalue weighted by atomic mass is 16.2. The van der Waals surface area contributed by atoms with E-state index in [0.717, 1.165) is 33.7 Å². The highest BCUT2D eigenvalue weighted by Gasteiger charge is 2.32. The van der Waals surface area contributed by atoms with Gasteiger partial charge in [-0.1, -0.05) is 35.9 Å². The van der Waals surface area contributed by atoms with Gasteiger partial charge in [0.1, 0.15) is 5.82 Å². The van der Waals surface area contributed by atoms with Gasteiger partial charge in [-0.05, 0) is 43.7 Å². The number of nitrogens with one attached hydrogen (secondary N) is 1. The van der Waals surface area contributed by atoms with E-state index >= 15 is 0 Å². The molecule has 0 saturated heterocycles. The summed E-state index contributed by atoms with van der Waals surface area (Å²) in [6, 6.07) is 18.3. The predicted octanol–water partition coefficient (Wildman–Crippen LogP) is 4.92. The van der Waals surface area contributed by atoms with Crippen molar-refractivity contribution >= 4 is 16.8 Å². The SMILES string of the molecule is Cc1ccc(-n2nc3c(c2-n2cccc2)CN(C(=O)c2c[nH]c4ccccc24)C3)c(C)c1. The summed E-state index contributed by atoms with van der Waals surface area (Å²) in [7, 11) is 0. The number of aromatic nitrogens is 4. The second-order valence-electron chi connectivity index (χ2n) is 8.45. The molecule has 1 aliphatic heterocycles. The molecule has 2 aromatic carbocycles. The molecule has 6 rings (SSSR count). The fourth-order valence-electron chi connectivity index (χ4n) is 4.72. The lowest BCUT2D eigenvalue weighted by Gasteiger charge is -2.18. The maximum absolute atomic E-state index is 13.4. The molecule has 6 nitrogen and oxygen atoms in total. The fourth-order valence-corrected chi connectivity index (χ4v) is 4.72. The third kappa shape index (κ3) is 2.80. The van der Waals surface area contributed by atoms with E-state index in [-0.39, 0.29) is 5.91 Å². The first-order valence-electron chi connectivity index (χ1n) is 10.8. The Morgan fingerprint density at radius 3 is 2.62 bits per heavy atom. The van der Waals surface area contributed by atoms with Crippen LogP contribution in [0.2, 0.25) is 0 Å². The van der Waals surface area contributed by atoms with Crippen LogP contribution in [0.5, 0.6) is 0 Å². The van der Waals surface area contributed by atoms with E-state index in [9.17, 15) is 4.79 Å². The summed E-state index contributed by atoms with van der Waals surface area (Å²) in [6.07, 6.45) is 5.87. The van der Waals surface area contributed by atoms with Gasteiger partial charge in [0.15, 0.2) is 0 Å². The smallest absolute Gasteiger partial charge is 0.256 e. The van der Waals surface area contributed by atoms with Crippen molar-refractivity contribution in [1.82, 2.24) is 24.2 Å². The summed E-state index contributed by atoms with van der Waals surface area (Å²) in [5.41, 5.74) is 7.17. The molecule has 0 spiro atoms. The monoisotopic (exact) mass is 421 g/mol. The lowest BCUT2D eigenvalue weighted by Crippen LogP contribution is -2.26. The number of para-hydroxylation sites is 1. The molecule has 0 bridgehead atoms. The minimum atomic E-state index is 0.0250. The van der Waals surface area contributed by atoms with Gasteiger partial charge >= 0.3 is 0 Å². The molecule has 3 aromatic heterocycles. The maximum atomic E-state index is 13.4. The standard InChI is InChI=1S/C26H23N5O/c1-17-9-10-24(18(2)13-17)31-25(29-11-5-6-12-29)21-15-30(16-23(21)28-31)26(32)20-14-27-22-8-4-3-7-19(20)22/h3-14,27H,15-16H2,1-2H3. The minimum absolute atomic E-state index is 0.0250. The van der Waals surface area contributed by atoms with Crippen molar-refractivity contribution in [3.05, 3.63) is 101 Å². The fraction of sp³-hybridized carbons (Fsp3) is 0.154. The van der Waals surface area contributed by atoms with Gasteiger partial charge in [0.05, 0.1) is 30.0 Å². The van der Waals surface area contributed by atoms with E-state index in [1.807, 2.05) is 64.6 Å². The van der Waals surface area contributed by atoms with E-state index in [2.05, 4.69) is 41.6 Å². The van der Waals surface area contributed by atoms with E-state index in [1.165, 1.54) is 11.1 Å². The molecule has 0 radical (unpaired) electrons. The molecule has 1 N–H and O–H groups in total. The van der Waals surface area contributed by atoms with Gasteiger partial charge in [0.25, 0.3) is 5.91 Å². The topological polar surface area (TPSA) is 58.9 Å². The average Bonchev–Trinajstić information content (AvgIpc) is 3.56. The molecule has 0 aliphatic carbocycles. The number of nitrogens with zero attached hydrogens (tertiary/aromatic N) is 4. The molecule has 1 aliphatic rings. The Kier molecular flexibility index (Phi) is 4.08. The minimum Gasteiger partial charge on any atom is -0.360 e. The second kappa shape index (κ2) is 6.99. The van der Waals surface area contributed by atoms with Crippen molar-refractivity contribution in [2.45, 2.75) is 26.9 Å². The maximum Gasteiger partial charge on any atom is 0.256 e. The van der Waals surface area contributed by atoms with Crippen LogP contribution in [0.4, 0.5) is 0 Å². The van der Waals surface area contributed by atoms with Gasteiger partial charge in [-0.15, -0.1) is 0 Å². The van der Waals surface area contributed by atoms with Gasteiger partial charge in [0.2, 0.25) is 0 Å². The number of aromatic amines is 1. The van der Waals surface area contributed by atoms with Gasteiger partial charge in [0, 0.05) is 35.1 Å². The third-order valence-electron chi connectivity index (χ3n) is 6.27. The number of aryl methyl sites for hydroxylation is 2. The molecule has 0 saturated carbocycles. The average molecular weight is 422 g/mol. The van der Waals surface area contributed by atoms with E-state index in [1.54, 1.807) is 0 Å². The molecule has 5 aromatic rings. The Hall–Kier alpha value is -4.06. The second-order valence-corrected chi connectivity index (χ2v) is 8.45. The zero-order valence-electron chi connectivity index (χ0n) is 18.0. The zero-order chi connectivity index (χ0) is 21.8. The van der Waals surface area contributed by atoms with Gasteiger partial charge < -0.3 is 14.5 Å². The Labute approximate surface area is 185 Å². The number of hydrogen-bond donors (Lipinski definition) is 1. The molecular weight excluding hydrogens is 398 g/mol. The van der Waals surface area contributed by atoms with Crippen LogP contribution < -0.4 is 0 Å². The molecule has 0 fully saturated rings. The first-order valence-corrected chi connectivity index (χ1v) is 10.8. The highest BCUT2D eigenvalue weighted by Crippen LogP contribution is 2.33. The Balaban J connectivity index is 1.42. The first-order chi connectivity index (χ1) is 15.6. The van der Waals surface area contributed by atoms with Crippen LogP contribution in [-0.4, -0.2) is 30.1 Å². The van der Waals surface area contributed by atoms with E-state index < -0.39 is 0 Å². The predicted molar refractivity (Wildman–Crippen MR) is 124 cm³/mol. The van der Waals surface area contributed by atoms with Crippen molar-refractivity contribution in [2.24, 2.45) is 0 Å². The summed E-state index contributed by atoms with van der Waals surface area (Å²) in [4.78, 5) is 18.5. The third-order valence-corrected chi connectivity index (χ3v) is 6.27. The summed E-state index contributed by atoms with van der Waals surface area (Å²) < 4.78 is 4.11. The summed E-state index contributed by atoms with van der Waals surface area (Å²) >= 11 is 0. The number of H-pyrrole nitrogens is 1. The number of amides is 1. The molecule has 4 heterocycles. The number of rotatable bonds is 3. The largest absolute Gasteiger partial charge is 0.360 e. The Morgan fingerprint density at radius 2 is 1.81 bits per heavy atom. The Bertz CT molecular complexity index is 1470. The molecule has 32 heavy (non-hydrogen) atoms. The van der Waals surface area contributed by atoms with Crippen molar-refractivity contribution in [3.8, 4) is 11.5 Å². The zero-order valence-corrected chi connectivity index (χ0v) is 18.0. The van der Waals surface area contributed by atoms with Crippen molar-refractivity contribution in [1.29, 1.82) is 0 Å². The first kappa shape index (κ1) is 18.7. The summed E-state index contributed by atoms with van der Waals surface area (Å²) in [5.74, 6) is 1.02. The quantitative estimate of drug-likeness (QED) is 0.450. The van der Waals surface area contributed by atoms with Crippen LogP contribution in [-0.2, 0) is 13.1 Å². The molecule has 1 amide bonds. The van der Waals surface area contributed by atoms with Crippen molar-refractivity contribution in [2.75, 3.05) is 0 Å². The number of carbonyl (C=O) groups excluding carboxylic acids is 1. The van der Waals surface area contributed by atoms with Crippen LogP contribution in [0.15, 0.2) is 73.2 Å². The number of benzene rings is 2. The lowest BCUT2D eigenvalue weighted by atomic mass is 10.1. The summed E-state index contributed by atoms with van der Waals surface area (Å²) in [5, 5.41) is 5.93. The van der Waals surface area contributed by atoms with Crippen LogP contribution >= 0.6 is 0 Å². The van der Waals surface area contributed by atoms with Gasteiger partial charge in [-0.25, -0.2) is 4.68 Å². The number of hydrogen-bond acceptors (Lipinski definition) is 2. The van der Waals surface area contributed by atoms with Crippen LogP contribution in [0.3, 0.4) is 0 Å². The highest BCUT2D eigenvalue weighted by molar-refractivity contribution is 6.06. The Morgan fingerprint density at radius 1 is 1.00 bits per heavy atom. The van der Waals surface area contributed by atoms with Gasteiger partial charge in [-0.2, -0.15) is 5.10 Å². The van der Waals surface area contributed by atoms with Crippen molar-refractivity contribution < 1.29 is 4.79 Å². The van der Waals surface area contributed by atoms with Crippen molar-refractivity contribution in [3.63, 3.8) is 0 Å². The lowest BCUT2D eigenvalue weighted by molar-refractivity contribution is 0.0751.